The number of rotatable bonds is 2. The normalized spacial score (nSPS) is 10.3. The third-order valence-corrected chi connectivity index (χ3v) is 1.51. The van der Waals surface area contributed by atoms with Gasteiger partial charge in [-0.3, -0.25) is 0 Å². The summed E-state index contributed by atoms with van der Waals surface area (Å²) in [6.07, 6.45) is 0.372. The summed E-state index contributed by atoms with van der Waals surface area (Å²) in [7, 11) is 0. The highest BCUT2D eigenvalue weighted by atomic mass is 14.7. The van der Waals surface area contributed by atoms with Crippen LogP contribution >= 0.6 is 0 Å². The van der Waals surface area contributed by atoms with E-state index >= 15 is 0 Å². The van der Waals surface area contributed by atoms with E-state index < -0.39 is 5.92 Å². The highest BCUT2D eigenvalue weighted by molar-refractivity contribution is 5.38. The largest absolute Gasteiger partial charge is 0.263 e. The van der Waals surface area contributed by atoms with E-state index in [2.05, 4.69) is 4.85 Å². The summed E-state index contributed by atoms with van der Waals surface area (Å²) in [6.45, 7) is 8.37. The molecule has 0 heterocycles. The van der Waals surface area contributed by atoms with Crippen molar-refractivity contribution in [3.63, 3.8) is 0 Å². The molecule has 0 aliphatic heterocycles. The third kappa shape index (κ3) is 2.33. The lowest BCUT2D eigenvalue weighted by Gasteiger charge is -2.02. The van der Waals surface area contributed by atoms with E-state index in [9.17, 15) is 0 Å². The van der Waals surface area contributed by atoms with Crippen LogP contribution in [0.5, 0.6) is 0 Å². The molecule has 0 saturated heterocycles. The summed E-state index contributed by atoms with van der Waals surface area (Å²) in [5.41, 5.74) is 0.165. The monoisotopic (exact) mass is 170 g/mol. The Balaban J connectivity index is 5.30. The van der Waals surface area contributed by atoms with Crippen LogP contribution < -0.4 is 0 Å². The van der Waals surface area contributed by atoms with Crippen LogP contribution in [0, 0.1) is 46.5 Å². The second kappa shape index (κ2) is 5.36. The van der Waals surface area contributed by atoms with Crippen molar-refractivity contribution in [2.75, 3.05) is 0 Å². The third-order valence-electron chi connectivity index (χ3n) is 1.51. The minimum atomic E-state index is -0.978. The van der Waals surface area contributed by atoms with Gasteiger partial charge >= 0.3 is 0 Å². The van der Waals surface area contributed by atoms with Crippen molar-refractivity contribution in [1.82, 2.24) is 0 Å². The molecule has 0 saturated carbocycles. The summed E-state index contributed by atoms with van der Waals surface area (Å²) in [5.74, 6) is -0.978. The molecule has 4 nitrogen and oxygen atoms in total. The van der Waals surface area contributed by atoms with Crippen molar-refractivity contribution in [3.05, 3.63) is 22.7 Å². The first kappa shape index (κ1) is 10.7. The molecule has 0 aromatic carbocycles. The molecular formula is C9H6N4. The lowest BCUT2D eigenvalue weighted by atomic mass is 9.98. The van der Waals surface area contributed by atoms with Gasteiger partial charge in [0.2, 0.25) is 0 Å². The van der Waals surface area contributed by atoms with Gasteiger partial charge in [0.25, 0.3) is 5.70 Å². The maximum Gasteiger partial charge on any atom is 0.263 e. The fraction of sp³-hybridized carbons (Fsp3) is 0.333. The maximum absolute atomic E-state index is 8.55. The van der Waals surface area contributed by atoms with Gasteiger partial charge in [-0.1, -0.05) is 6.92 Å². The number of hydrogen-bond donors (Lipinski definition) is 0. The van der Waals surface area contributed by atoms with E-state index in [4.69, 9.17) is 22.4 Å². The molecule has 0 radical (unpaired) electrons. The lowest BCUT2D eigenvalue weighted by Crippen LogP contribution is -1.99. The Morgan fingerprint density at radius 1 is 1.38 bits per heavy atom. The number of allylic oxidation sites excluding steroid dienone is 2. The molecule has 0 aliphatic rings. The number of nitrogens with zero attached hydrogens (tertiary/aromatic N) is 4. The Hall–Kier alpha value is -2.30. The standard InChI is InChI=1S/C9H6N4/c1-3-8(7(4-10)5-11)9(6-12)13-2/h7H,3H2,1H3/b9-8+. The quantitative estimate of drug-likeness (QED) is 0.468. The SMILES string of the molecule is [C-]#[N+]/C(C#N)=C(\CC)C(C#N)C#N. The van der Waals surface area contributed by atoms with Crippen molar-refractivity contribution >= 4 is 0 Å². The fourth-order valence-electron chi connectivity index (χ4n) is 0.862. The minimum Gasteiger partial charge on any atom is -0.227 e. The highest BCUT2D eigenvalue weighted by Crippen LogP contribution is 2.18. The second-order valence-corrected chi connectivity index (χ2v) is 2.14. The van der Waals surface area contributed by atoms with E-state index in [0.29, 0.717) is 12.0 Å². The van der Waals surface area contributed by atoms with E-state index in [-0.39, 0.29) is 5.70 Å². The van der Waals surface area contributed by atoms with Crippen molar-refractivity contribution < 1.29 is 0 Å². The summed E-state index contributed by atoms with van der Waals surface area (Å²) in [4.78, 5) is 2.96. The van der Waals surface area contributed by atoms with E-state index in [1.54, 1.807) is 25.1 Å². The fourth-order valence-corrected chi connectivity index (χ4v) is 0.862. The molecule has 0 spiro atoms. The Bertz CT molecular complexity index is 348. The molecule has 0 rings (SSSR count). The van der Waals surface area contributed by atoms with Gasteiger partial charge in [-0.2, -0.15) is 10.5 Å². The van der Waals surface area contributed by atoms with Gasteiger partial charge in [0.05, 0.1) is 24.8 Å². The van der Waals surface area contributed by atoms with Crippen LogP contribution in [0.3, 0.4) is 0 Å². The van der Waals surface area contributed by atoms with Crippen LogP contribution in [0.2, 0.25) is 0 Å². The second-order valence-electron chi connectivity index (χ2n) is 2.14. The van der Waals surface area contributed by atoms with Gasteiger partial charge in [-0.05, 0) is 12.0 Å². The van der Waals surface area contributed by atoms with Gasteiger partial charge in [-0.15, -0.1) is 0 Å². The van der Waals surface area contributed by atoms with Crippen molar-refractivity contribution in [1.29, 1.82) is 15.8 Å². The molecule has 0 unspecified atom stereocenters. The molecule has 0 N–H and O–H groups in total. The Labute approximate surface area is 76.7 Å². The average Bonchev–Trinajstić information content (AvgIpc) is 2.18. The van der Waals surface area contributed by atoms with Gasteiger partial charge in [0, 0.05) is 0 Å². The molecule has 0 aromatic heterocycles. The van der Waals surface area contributed by atoms with Crippen molar-refractivity contribution in [3.8, 4) is 18.2 Å². The van der Waals surface area contributed by atoms with E-state index in [0.717, 1.165) is 0 Å². The zero-order chi connectivity index (χ0) is 10.3. The predicted octanol–water partition coefficient (Wildman–Crippen LogP) is 1.76. The molecule has 13 heavy (non-hydrogen) atoms. The average molecular weight is 170 g/mol. The van der Waals surface area contributed by atoms with Gasteiger partial charge in [0.1, 0.15) is 5.92 Å². The summed E-state index contributed by atoms with van der Waals surface area (Å²) >= 11 is 0. The van der Waals surface area contributed by atoms with Gasteiger partial charge in [-0.25, -0.2) is 10.1 Å². The van der Waals surface area contributed by atoms with Gasteiger partial charge < -0.3 is 0 Å². The lowest BCUT2D eigenvalue weighted by molar-refractivity contribution is 0.900. The first-order chi connectivity index (χ1) is 6.24. The van der Waals surface area contributed by atoms with Crippen LogP contribution in [0.4, 0.5) is 0 Å². The first-order valence-electron chi connectivity index (χ1n) is 3.54. The molecule has 0 fully saturated rings. The Kier molecular flexibility index (Phi) is 4.41. The van der Waals surface area contributed by atoms with Crippen LogP contribution in [0.15, 0.2) is 11.3 Å². The molecule has 0 aliphatic carbocycles. The molecule has 0 aromatic rings. The summed E-state index contributed by atoms with van der Waals surface area (Å²) < 4.78 is 0. The molecule has 0 bridgehead atoms. The molecule has 62 valence electrons. The Morgan fingerprint density at radius 3 is 2.15 bits per heavy atom. The maximum atomic E-state index is 8.55. The number of hydrogen-bond acceptors (Lipinski definition) is 3. The predicted molar refractivity (Wildman–Crippen MR) is 44.2 cm³/mol. The summed E-state index contributed by atoms with van der Waals surface area (Å²) in [5, 5.41) is 25.6. The first-order valence-corrected chi connectivity index (χ1v) is 3.54. The minimum absolute atomic E-state index is 0.143. The number of nitriles is 3. The molecule has 0 amide bonds. The summed E-state index contributed by atoms with van der Waals surface area (Å²) in [6, 6.07) is 5.15. The molecular weight excluding hydrogens is 164 g/mol. The van der Waals surface area contributed by atoms with Crippen LogP contribution in [-0.2, 0) is 0 Å². The van der Waals surface area contributed by atoms with Crippen LogP contribution in [-0.4, -0.2) is 0 Å². The van der Waals surface area contributed by atoms with Crippen LogP contribution in [0.25, 0.3) is 4.85 Å². The van der Waals surface area contributed by atoms with E-state index in [1.807, 2.05) is 0 Å². The van der Waals surface area contributed by atoms with Crippen molar-refractivity contribution in [2.45, 2.75) is 13.3 Å². The molecule has 4 heteroatoms. The van der Waals surface area contributed by atoms with Crippen molar-refractivity contribution in [2.24, 2.45) is 5.92 Å². The van der Waals surface area contributed by atoms with Crippen LogP contribution in [0.1, 0.15) is 13.3 Å². The highest BCUT2D eigenvalue weighted by Gasteiger charge is 2.15. The zero-order valence-corrected chi connectivity index (χ0v) is 7.07. The molecule has 0 atom stereocenters. The van der Waals surface area contributed by atoms with E-state index in [1.165, 1.54) is 0 Å². The topological polar surface area (TPSA) is 75.7 Å². The Morgan fingerprint density at radius 2 is 1.92 bits per heavy atom. The smallest absolute Gasteiger partial charge is 0.227 e. The zero-order valence-electron chi connectivity index (χ0n) is 7.07. The van der Waals surface area contributed by atoms with Gasteiger partial charge in [0.15, 0.2) is 0 Å².